The van der Waals surface area contributed by atoms with Crippen molar-refractivity contribution in [3.05, 3.63) is 94.6 Å². The number of amides is 1. The first-order chi connectivity index (χ1) is 20.4. The molecule has 1 unspecified atom stereocenters. The molecule has 0 radical (unpaired) electrons. The smallest absolute Gasteiger partial charge is 0.295 e. The second-order valence-electron chi connectivity index (χ2n) is 10.2. The minimum absolute atomic E-state index is 0.00310. The van der Waals surface area contributed by atoms with Crippen molar-refractivity contribution in [3.8, 4) is 17.2 Å². The van der Waals surface area contributed by atoms with Crippen LogP contribution in [0.25, 0.3) is 5.76 Å². The molecule has 1 amide bonds. The van der Waals surface area contributed by atoms with E-state index in [0.717, 1.165) is 30.4 Å². The van der Waals surface area contributed by atoms with Gasteiger partial charge in [0.1, 0.15) is 18.1 Å². The van der Waals surface area contributed by atoms with E-state index in [9.17, 15) is 14.7 Å². The summed E-state index contributed by atoms with van der Waals surface area (Å²) in [5.74, 6) is -0.0410. The monoisotopic (exact) mass is 573 g/mol. The normalized spacial score (nSPS) is 16.1. The maximum atomic E-state index is 13.3. The summed E-state index contributed by atoms with van der Waals surface area (Å²) >= 11 is 0. The number of nitrogens with zero attached hydrogens (tertiary/aromatic N) is 1. The number of hydrogen-bond donors (Lipinski definition) is 1. The largest absolute Gasteiger partial charge is 0.507 e. The van der Waals surface area contributed by atoms with Crippen molar-refractivity contribution in [2.75, 3.05) is 34.0 Å². The van der Waals surface area contributed by atoms with Crippen LogP contribution in [-0.4, -0.2) is 55.7 Å². The van der Waals surface area contributed by atoms with Crippen molar-refractivity contribution in [2.24, 2.45) is 0 Å². The maximum absolute atomic E-state index is 13.3. The summed E-state index contributed by atoms with van der Waals surface area (Å²) in [6, 6.07) is 19.3. The number of carbonyl (C=O) groups excluding carboxylic acids is 2. The van der Waals surface area contributed by atoms with Crippen molar-refractivity contribution in [2.45, 2.75) is 45.8 Å². The Labute approximate surface area is 247 Å². The van der Waals surface area contributed by atoms with E-state index in [4.69, 9.17) is 18.9 Å². The molecule has 0 saturated carbocycles. The van der Waals surface area contributed by atoms with E-state index in [1.807, 2.05) is 31.2 Å². The molecule has 1 aliphatic heterocycles. The molecular weight excluding hydrogens is 534 g/mol. The summed E-state index contributed by atoms with van der Waals surface area (Å²) in [6.07, 6.45) is 3.07. The average molecular weight is 574 g/mol. The van der Waals surface area contributed by atoms with E-state index in [0.29, 0.717) is 41.6 Å². The van der Waals surface area contributed by atoms with Crippen LogP contribution < -0.4 is 14.2 Å². The molecular formula is C34H39NO7. The Balaban J connectivity index is 1.65. The van der Waals surface area contributed by atoms with Crippen molar-refractivity contribution < 1.29 is 33.6 Å². The maximum Gasteiger partial charge on any atom is 0.295 e. The first-order valence-electron chi connectivity index (χ1n) is 14.2. The van der Waals surface area contributed by atoms with Gasteiger partial charge in [-0.3, -0.25) is 9.59 Å². The van der Waals surface area contributed by atoms with Gasteiger partial charge < -0.3 is 29.0 Å². The fraction of sp³-hybridized carbons (Fsp3) is 0.353. The lowest BCUT2D eigenvalue weighted by Crippen LogP contribution is -2.32. The molecule has 222 valence electrons. The molecule has 4 rings (SSSR count). The van der Waals surface area contributed by atoms with Gasteiger partial charge in [-0.1, -0.05) is 50.1 Å². The lowest BCUT2D eigenvalue weighted by molar-refractivity contribution is -0.140. The molecule has 3 aromatic rings. The summed E-state index contributed by atoms with van der Waals surface area (Å²) in [5, 5.41) is 11.4. The van der Waals surface area contributed by atoms with Gasteiger partial charge in [-0.05, 0) is 66.4 Å². The molecule has 0 bridgehead atoms. The minimum Gasteiger partial charge on any atom is -0.507 e. The van der Waals surface area contributed by atoms with Crippen molar-refractivity contribution >= 4 is 17.4 Å². The zero-order valence-electron chi connectivity index (χ0n) is 24.7. The van der Waals surface area contributed by atoms with Crippen LogP contribution in [0.15, 0.2) is 72.3 Å². The standard InChI is InChI=1S/C34H39NO7/c1-5-6-9-19-41-28-17-14-25(21-29(28)40-4)31-30(33(37)34(38)35(31)18-20-39-3)32(36)24-12-15-27(16-13-24)42-22-26-11-8-7-10-23(26)2/h7-8,10-17,21,31,36H,5-6,9,18-20,22H2,1-4H3/b32-30+. The minimum atomic E-state index is -0.833. The van der Waals surface area contributed by atoms with E-state index in [2.05, 4.69) is 6.92 Å². The predicted octanol–water partition coefficient (Wildman–Crippen LogP) is 6.22. The quantitative estimate of drug-likeness (QED) is 0.106. The molecule has 1 atom stereocenters. The van der Waals surface area contributed by atoms with Gasteiger partial charge in [-0.15, -0.1) is 0 Å². The average Bonchev–Trinajstić information content (AvgIpc) is 3.26. The number of aliphatic hydroxyl groups excluding tert-OH is 1. The van der Waals surface area contributed by atoms with Crippen molar-refractivity contribution in [3.63, 3.8) is 0 Å². The number of aryl methyl sites for hydroxylation is 1. The fourth-order valence-corrected chi connectivity index (χ4v) is 4.95. The zero-order chi connectivity index (χ0) is 30.1. The third kappa shape index (κ3) is 6.94. The number of hydrogen-bond acceptors (Lipinski definition) is 7. The number of Topliss-reactive ketones (excluding diaryl/α,β-unsaturated/α-hetero) is 1. The second-order valence-corrected chi connectivity index (χ2v) is 10.2. The molecule has 0 spiro atoms. The number of ketones is 1. The molecule has 1 saturated heterocycles. The number of aliphatic hydroxyl groups is 1. The predicted molar refractivity (Wildman–Crippen MR) is 161 cm³/mol. The molecule has 42 heavy (non-hydrogen) atoms. The van der Waals surface area contributed by atoms with Crippen molar-refractivity contribution in [1.82, 2.24) is 4.90 Å². The van der Waals surface area contributed by atoms with Gasteiger partial charge in [-0.25, -0.2) is 0 Å². The van der Waals surface area contributed by atoms with Gasteiger partial charge in [0.25, 0.3) is 11.7 Å². The summed E-state index contributed by atoms with van der Waals surface area (Å²) < 4.78 is 22.7. The van der Waals surface area contributed by atoms with Gasteiger partial charge in [0.05, 0.1) is 31.9 Å². The van der Waals surface area contributed by atoms with E-state index < -0.39 is 17.7 Å². The highest BCUT2D eigenvalue weighted by molar-refractivity contribution is 6.46. The molecule has 1 aliphatic rings. The number of carbonyl (C=O) groups is 2. The van der Waals surface area contributed by atoms with Crippen LogP contribution >= 0.6 is 0 Å². The SMILES string of the molecule is CCCCCOc1ccc(C2/C(=C(\O)c3ccc(OCc4ccccc4C)cc3)C(=O)C(=O)N2CCOC)cc1OC. The van der Waals surface area contributed by atoms with Crippen LogP contribution in [0.3, 0.4) is 0 Å². The second kappa shape index (κ2) is 14.5. The van der Waals surface area contributed by atoms with Gasteiger partial charge in [0, 0.05) is 19.2 Å². The van der Waals surface area contributed by atoms with Gasteiger partial charge in [0.15, 0.2) is 11.5 Å². The fourth-order valence-electron chi connectivity index (χ4n) is 4.95. The Morgan fingerprint density at radius 2 is 1.67 bits per heavy atom. The Morgan fingerprint density at radius 1 is 0.905 bits per heavy atom. The van der Waals surface area contributed by atoms with Crippen LogP contribution in [0, 0.1) is 6.92 Å². The van der Waals surface area contributed by atoms with E-state index >= 15 is 0 Å². The van der Waals surface area contributed by atoms with Crippen molar-refractivity contribution in [1.29, 1.82) is 0 Å². The summed E-state index contributed by atoms with van der Waals surface area (Å²) in [6.45, 7) is 5.52. The lowest BCUT2D eigenvalue weighted by Gasteiger charge is -2.25. The lowest BCUT2D eigenvalue weighted by atomic mass is 9.95. The topological polar surface area (TPSA) is 94.5 Å². The molecule has 8 nitrogen and oxygen atoms in total. The number of benzene rings is 3. The van der Waals surface area contributed by atoms with Crippen LogP contribution in [0.1, 0.15) is 54.5 Å². The first-order valence-corrected chi connectivity index (χ1v) is 14.2. The molecule has 8 heteroatoms. The number of ether oxygens (including phenoxy) is 4. The number of likely N-dealkylation sites (tertiary alicyclic amines) is 1. The molecule has 1 heterocycles. The van der Waals surface area contributed by atoms with Crippen LogP contribution in [0.2, 0.25) is 0 Å². The van der Waals surface area contributed by atoms with Gasteiger partial charge in [0.2, 0.25) is 0 Å². The van der Waals surface area contributed by atoms with E-state index in [-0.39, 0.29) is 24.5 Å². The third-order valence-corrected chi connectivity index (χ3v) is 7.37. The summed E-state index contributed by atoms with van der Waals surface area (Å²) in [5.41, 5.74) is 3.23. The molecule has 3 aromatic carbocycles. The van der Waals surface area contributed by atoms with Crippen LogP contribution in [0.5, 0.6) is 17.2 Å². The molecule has 0 aliphatic carbocycles. The summed E-state index contributed by atoms with van der Waals surface area (Å²) in [4.78, 5) is 27.9. The molecule has 0 aromatic heterocycles. The van der Waals surface area contributed by atoms with E-state index in [1.165, 1.54) is 12.0 Å². The Bertz CT molecular complexity index is 1410. The molecule has 1 N–H and O–H groups in total. The van der Waals surface area contributed by atoms with Gasteiger partial charge in [-0.2, -0.15) is 0 Å². The Hall–Kier alpha value is -4.30. The summed E-state index contributed by atoms with van der Waals surface area (Å²) in [7, 11) is 3.07. The Morgan fingerprint density at radius 3 is 2.36 bits per heavy atom. The van der Waals surface area contributed by atoms with Crippen LogP contribution in [0.4, 0.5) is 0 Å². The zero-order valence-corrected chi connectivity index (χ0v) is 24.7. The highest BCUT2D eigenvalue weighted by Crippen LogP contribution is 2.42. The van der Waals surface area contributed by atoms with Crippen LogP contribution in [-0.2, 0) is 20.9 Å². The number of methoxy groups -OCH3 is 2. The number of rotatable bonds is 14. The molecule has 1 fully saturated rings. The highest BCUT2D eigenvalue weighted by atomic mass is 16.5. The van der Waals surface area contributed by atoms with E-state index in [1.54, 1.807) is 49.6 Å². The number of unbranched alkanes of at least 4 members (excludes halogenated alkanes) is 2. The first kappa shape index (κ1) is 30.7. The Kier molecular flexibility index (Phi) is 10.6. The third-order valence-electron chi connectivity index (χ3n) is 7.37. The highest BCUT2D eigenvalue weighted by Gasteiger charge is 2.46. The van der Waals surface area contributed by atoms with Gasteiger partial charge >= 0.3 is 0 Å².